The Morgan fingerprint density at radius 3 is 2.90 bits per heavy atom. The lowest BCUT2D eigenvalue weighted by Crippen LogP contribution is -2.29. The minimum Gasteiger partial charge on any atom is -0.497 e. The number of ether oxygens (including phenoxy) is 2. The van der Waals surface area contributed by atoms with Gasteiger partial charge in [0, 0.05) is 18.2 Å². The molecule has 0 aliphatic carbocycles. The molecule has 0 aliphatic rings. The Morgan fingerprint density at radius 1 is 1.55 bits per heavy atom. The van der Waals surface area contributed by atoms with Crippen LogP contribution in [0.4, 0.5) is 0 Å². The molecule has 0 heterocycles. The van der Waals surface area contributed by atoms with Crippen LogP contribution in [0.1, 0.15) is 25.0 Å². The molecule has 6 heteroatoms. The van der Waals surface area contributed by atoms with E-state index in [1.54, 1.807) is 25.1 Å². The number of amides is 1. The minimum absolute atomic E-state index is 0.182. The predicted octanol–water partition coefficient (Wildman–Crippen LogP) is 1.16. The number of hydrogen-bond acceptors (Lipinski definition) is 5. The first kappa shape index (κ1) is 15.8. The molecule has 0 aliphatic heterocycles. The topological polar surface area (TPSA) is 91.6 Å². The Bertz CT molecular complexity index is 494. The van der Waals surface area contributed by atoms with Gasteiger partial charge in [0.2, 0.25) is 0 Å². The maximum Gasteiger partial charge on any atom is 0.257 e. The summed E-state index contributed by atoms with van der Waals surface area (Å²) in [5.41, 5.74) is 0.579. The van der Waals surface area contributed by atoms with Gasteiger partial charge in [-0.2, -0.15) is 5.26 Å². The van der Waals surface area contributed by atoms with Gasteiger partial charge in [-0.1, -0.05) is 0 Å². The van der Waals surface area contributed by atoms with E-state index >= 15 is 0 Å². The van der Waals surface area contributed by atoms with Crippen LogP contribution in [0.2, 0.25) is 0 Å². The molecule has 2 N–H and O–H groups in total. The van der Waals surface area contributed by atoms with Gasteiger partial charge in [-0.05, 0) is 19.1 Å². The van der Waals surface area contributed by atoms with Crippen LogP contribution in [0.15, 0.2) is 18.2 Å². The molecule has 0 radical (unpaired) electrons. The van der Waals surface area contributed by atoms with Crippen molar-refractivity contribution in [1.29, 1.82) is 5.26 Å². The lowest BCUT2D eigenvalue weighted by molar-refractivity contribution is -0.123. The van der Waals surface area contributed by atoms with Gasteiger partial charge in [0.15, 0.2) is 6.61 Å². The van der Waals surface area contributed by atoms with Crippen molar-refractivity contribution in [2.45, 2.75) is 19.4 Å². The van der Waals surface area contributed by atoms with Crippen LogP contribution in [0.5, 0.6) is 11.5 Å². The lowest BCUT2D eigenvalue weighted by atomic mass is 10.1. The number of nitriles is 1. The van der Waals surface area contributed by atoms with Crippen molar-refractivity contribution in [2.24, 2.45) is 0 Å². The van der Waals surface area contributed by atoms with Gasteiger partial charge in [-0.15, -0.1) is 0 Å². The first-order valence-electron chi connectivity index (χ1n) is 6.21. The zero-order chi connectivity index (χ0) is 15.0. The Morgan fingerprint density at radius 2 is 2.30 bits per heavy atom. The quantitative estimate of drug-likeness (QED) is 0.730. The minimum atomic E-state index is -0.711. The fourth-order valence-electron chi connectivity index (χ4n) is 1.56. The number of nitrogens with one attached hydrogen (secondary N) is 1. The lowest BCUT2D eigenvalue weighted by Gasteiger charge is -2.14. The molecule has 1 aromatic rings. The molecule has 6 nitrogen and oxygen atoms in total. The number of nitrogens with zero attached hydrogens (tertiary/aromatic N) is 1. The second-order valence-corrected chi connectivity index (χ2v) is 4.13. The van der Waals surface area contributed by atoms with E-state index in [1.807, 2.05) is 6.07 Å². The normalized spacial score (nSPS) is 11.3. The second kappa shape index (κ2) is 8.02. The molecule has 0 spiro atoms. The average molecular weight is 278 g/mol. The standard InChI is InChI=1S/C14H18N2O4/c1-10(17)12-5-4-11(19-2)8-13(12)20-9-14(18)16-7-3-6-15/h4-5,8,10,17H,3,7,9H2,1-2H3,(H,16,18). The molecule has 0 saturated heterocycles. The van der Waals surface area contributed by atoms with Gasteiger partial charge in [0.1, 0.15) is 11.5 Å². The summed E-state index contributed by atoms with van der Waals surface area (Å²) in [6.07, 6.45) is -0.457. The van der Waals surface area contributed by atoms with E-state index in [9.17, 15) is 9.90 Å². The molecule has 0 aromatic heterocycles. The summed E-state index contributed by atoms with van der Waals surface area (Å²) in [4.78, 5) is 11.5. The summed E-state index contributed by atoms with van der Waals surface area (Å²) in [7, 11) is 1.52. The Hall–Kier alpha value is -2.26. The Labute approximate surface area is 117 Å². The highest BCUT2D eigenvalue weighted by Crippen LogP contribution is 2.29. The molecule has 1 unspecified atom stereocenters. The third-order valence-corrected chi connectivity index (χ3v) is 2.59. The maximum atomic E-state index is 11.5. The van der Waals surface area contributed by atoms with Crippen molar-refractivity contribution < 1.29 is 19.4 Å². The summed E-state index contributed by atoms with van der Waals surface area (Å²) >= 11 is 0. The van der Waals surface area contributed by atoms with Crippen molar-refractivity contribution >= 4 is 5.91 Å². The van der Waals surface area contributed by atoms with Crippen LogP contribution in [-0.2, 0) is 4.79 Å². The summed E-state index contributed by atoms with van der Waals surface area (Å²) < 4.78 is 10.5. The zero-order valence-corrected chi connectivity index (χ0v) is 11.5. The molecular weight excluding hydrogens is 260 g/mol. The summed E-state index contributed by atoms with van der Waals surface area (Å²) in [5.74, 6) is 0.656. The van der Waals surface area contributed by atoms with Crippen LogP contribution in [0, 0.1) is 11.3 Å². The predicted molar refractivity (Wildman–Crippen MR) is 72.4 cm³/mol. The third kappa shape index (κ3) is 4.78. The van der Waals surface area contributed by atoms with E-state index < -0.39 is 6.10 Å². The molecule has 1 rings (SSSR count). The van der Waals surface area contributed by atoms with Gasteiger partial charge in [-0.3, -0.25) is 4.79 Å². The Balaban J connectivity index is 2.66. The fourth-order valence-corrected chi connectivity index (χ4v) is 1.56. The second-order valence-electron chi connectivity index (χ2n) is 4.13. The summed E-state index contributed by atoms with van der Waals surface area (Å²) in [5, 5.41) is 20.6. The monoisotopic (exact) mass is 278 g/mol. The Kier molecular flexibility index (Phi) is 6.33. The van der Waals surface area contributed by atoms with E-state index in [2.05, 4.69) is 5.32 Å². The highest BCUT2D eigenvalue weighted by atomic mass is 16.5. The fraction of sp³-hybridized carbons (Fsp3) is 0.429. The van der Waals surface area contributed by atoms with E-state index in [0.717, 1.165) is 0 Å². The van der Waals surface area contributed by atoms with E-state index in [1.165, 1.54) is 7.11 Å². The van der Waals surface area contributed by atoms with Gasteiger partial charge in [-0.25, -0.2) is 0 Å². The highest BCUT2D eigenvalue weighted by Gasteiger charge is 2.12. The summed E-state index contributed by atoms with van der Waals surface area (Å²) in [6, 6.07) is 6.94. The number of aliphatic hydroxyl groups excluding tert-OH is 1. The smallest absolute Gasteiger partial charge is 0.257 e. The summed E-state index contributed by atoms with van der Waals surface area (Å²) in [6.45, 7) is 1.72. The molecule has 1 amide bonds. The van der Waals surface area contributed by atoms with Crippen LogP contribution in [0.3, 0.4) is 0 Å². The number of aliphatic hydroxyl groups is 1. The zero-order valence-electron chi connectivity index (χ0n) is 11.5. The molecule has 0 saturated carbocycles. The number of hydrogen-bond donors (Lipinski definition) is 2. The van der Waals surface area contributed by atoms with E-state index in [0.29, 0.717) is 23.6 Å². The van der Waals surface area contributed by atoms with Crippen LogP contribution >= 0.6 is 0 Å². The van der Waals surface area contributed by atoms with E-state index in [-0.39, 0.29) is 18.9 Å². The third-order valence-electron chi connectivity index (χ3n) is 2.59. The molecular formula is C14H18N2O4. The first-order valence-corrected chi connectivity index (χ1v) is 6.21. The van der Waals surface area contributed by atoms with Crippen molar-refractivity contribution in [3.8, 4) is 17.6 Å². The number of carbonyl (C=O) groups excluding carboxylic acids is 1. The first-order chi connectivity index (χ1) is 9.58. The van der Waals surface area contributed by atoms with Crippen molar-refractivity contribution in [1.82, 2.24) is 5.32 Å². The van der Waals surface area contributed by atoms with Crippen molar-refractivity contribution in [3.05, 3.63) is 23.8 Å². The number of carbonyl (C=O) groups is 1. The van der Waals surface area contributed by atoms with Crippen LogP contribution in [-0.4, -0.2) is 31.3 Å². The highest BCUT2D eigenvalue weighted by molar-refractivity contribution is 5.77. The molecule has 0 fully saturated rings. The van der Waals surface area contributed by atoms with Crippen molar-refractivity contribution in [2.75, 3.05) is 20.3 Å². The largest absolute Gasteiger partial charge is 0.497 e. The molecule has 1 aromatic carbocycles. The SMILES string of the molecule is COc1ccc(C(C)O)c(OCC(=O)NCCC#N)c1. The van der Waals surface area contributed by atoms with Crippen molar-refractivity contribution in [3.63, 3.8) is 0 Å². The number of methoxy groups -OCH3 is 1. The average Bonchev–Trinajstić information content (AvgIpc) is 2.44. The van der Waals surface area contributed by atoms with E-state index in [4.69, 9.17) is 14.7 Å². The molecule has 1 atom stereocenters. The van der Waals surface area contributed by atoms with Gasteiger partial charge in [0.05, 0.1) is 25.7 Å². The van der Waals surface area contributed by atoms with Crippen LogP contribution in [0.25, 0.3) is 0 Å². The number of benzene rings is 1. The molecule has 20 heavy (non-hydrogen) atoms. The molecule has 108 valence electrons. The van der Waals surface area contributed by atoms with Crippen LogP contribution < -0.4 is 14.8 Å². The van der Waals surface area contributed by atoms with Gasteiger partial charge >= 0.3 is 0 Å². The van der Waals surface area contributed by atoms with Gasteiger partial charge in [0.25, 0.3) is 5.91 Å². The number of rotatable bonds is 7. The maximum absolute atomic E-state index is 11.5. The molecule has 0 bridgehead atoms. The van der Waals surface area contributed by atoms with Gasteiger partial charge < -0.3 is 19.9 Å².